The molecule has 1 amide bonds. The lowest BCUT2D eigenvalue weighted by Gasteiger charge is -2.29. The second-order valence-corrected chi connectivity index (χ2v) is 5.33. The normalized spacial score (nSPS) is 16.8. The minimum atomic E-state index is 0.0676. The third kappa shape index (κ3) is 3.73. The number of para-hydroxylation sites is 1. The molecule has 20 heavy (non-hydrogen) atoms. The Morgan fingerprint density at radius 1 is 1.35 bits per heavy atom. The van der Waals surface area contributed by atoms with Crippen LogP contribution in [0.5, 0.6) is 5.75 Å². The predicted molar refractivity (Wildman–Crippen MR) is 79.9 cm³/mol. The fourth-order valence-electron chi connectivity index (χ4n) is 2.60. The molecule has 4 nitrogen and oxygen atoms in total. The first kappa shape index (κ1) is 14.9. The van der Waals surface area contributed by atoms with Crippen LogP contribution in [0.4, 0.5) is 0 Å². The molecular formula is C16H24N2O2. The fraction of sp³-hybridized carbons (Fsp3) is 0.562. The zero-order valence-corrected chi connectivity index (χ0v) is 12.4. The van der Waals surface area contributed by atoms with Crippen molar-refractivity contribution in [3.63, 3.8) is 0 Å². The van der Waals surface area contributed by atoms with Crippen molar-refractivity contribution in [1.29, 1.82) is 0 Å². The van der Waals surface area contributed by atoms with Crippen LogP contribution in [0, 0.1) is 5.92 Å². The molecule has 1 atom stereocenters. The van der Waals surface area contributed by atoms with Crippen molar-refractivity contribution in [1.82, 2.24) is 10.2 Å². The first-order valence-electron chi connectivity index (χ1n) is 7.33. The number of nitrogens with zero attached hydrogens (tertiary/aromatic N) is 1. The molecule has 1 aromatic carbocycles. The Labute approximate surface area is 121 Å². The van der Waals surface area contributed by atoms with E-state index in [4.69, 9.17) is 4.74 Å². The lowest BCUT2D eigenvalue weighted by atomic mass is 9.99. The molecule has 1 unspecified atom stereocenters. The highest BCUT2D eigenvalue weighted by Gasteiger charge is 2.21. The summed E-state index contributed by atoms with van der Waals surface area (Å²) in [5, 5.41) is 3.27. The number of carbonyl (C=O) groups excluding carboxylic acids is 1. The third-order valence-electron chi connectivity index (χ3n) is 3.89. The molecule has 1 heterocycles. The number of aryl methyl sites for hydroxylation is 1. The summed E-state index contributed by atoms with van der Waals surface area (Å²) < 4.78 is 5.35. The van der Waals surface area contributed by atoms with E-state index in [-0.39, 0.29) is 11.8 Å². The Balaban J connectivity index is 1.87. The molecule has 1 aromatic rings. The summed E-state index contributed by atoms with van der Waals surface area (Å²) in [7, 11) is 1.69. The van der Waals surface area contributed by atoms with Crippen LogP contribution >= 0.6 is 0 Å². The number of hydrogen-bond acceptors (Lipinski definition) is 3. The van der Waals surface area contributed by atoms with Gasteiger partial charge in [0, 0.05) is 32.1 Å². The van der Waals surface area contributed by atoms with Gasteiger partial charge in [-0.25, -0.2) is 0 Å². The third-order valence-corrected chi connectivity index (χ3v) is 3.89. The molecule has 0 saturated carbocycles. The molecule has 0 aliphatic carbocycles. The number of ether oxygens (including phenoxy) is 1. The van der Waals surface area contributed by atoms with Crippen LogP contribution in [0.25, 0.3) is 0 Å². The predicted octanol–water partition coefficient (Wildman–Crippen LogP) is 1.70. The van der Waals surface area contributed by atoms with E-state index in [1.165, 1.54) is 5.56 Å². The van der Waals surface area contributed by atoms with Crippen LogP contribution in [-0.4, -0.2) is 44.1 Å². The average Bonchev–Trinajstić information content (AvgIpc) is 2.53. The van der Waals surface area contributed by atoms with Crippen LogP contribution in [0.2, 0.25) is 0 Å². The van der Waals surface area contributed by atoms with Crippen LogP contribution in [0.3, 0.4) is 0 Å². The number of hydrogen-bond donors (Lipinski definition) is 1. The SMILES string of the molecule is COc1ccccc1CCC(C)C(=O)N1CCNCC1. The molecule has 1 N–H and O–H groups in total. The highest BCUT2D eigenvalue weighted by atomic mass is 16.5. The number of amides is 1. The van der Waals surface area contributed by atoms with Crippen molar-refractivity contribution in [3.05, 3.63) is 29.8 Å². The van der Waals surface area contributed by atoms with Crippen molar-refractivity contribution in [3.8, 4) is 5.75 Å². The second kappa shape index (κ2) is 7.29. The Kier molecular flexibility index (Phi) is 5.41. The maximum atomic E-state index is 12.3. The van der Waals surface area contributed by atoms with Gasteiger partial charge in [-0.3, -0.25) is 4.79 Å². The average molecular weight is 276 g/mol. The molecule has 1 aliphatic heterocycles. The molecule has 0 aromatic heterocycles. The van der Waals surface area contributed by atoms with Gasteiger partial charge in [-0.1, -0.05) is 25.1 Å². The van der Waals surface area contributed by atoms with Crippen molar-refractivity contribution in [2.75, 3.05) is 33.3 Å². The zero-order chi connectivity index (χ0) is 14.4. The molecule has 2 rings (SSSR count). The van der Waals surface area contributed by atoms with Gasteiger partial charge in [-0.15, -0.1) is 0 Å². The largest absolute Gasteiger partial charge is 0.496 e. The summed E-state index contributed by atoms with van der Waals surface area (Å²) in [6.07, 6.45) is 1.74. The lowest BCUT2D eigenvalue weighted by Crippen LogP contribution is -2.48. The van der Waals surface area contributed by atoms with Gasteiger partial charge in [-0.05, 0) is 24.5 Å². The summed E-state index contributed by atoms with van der Waals surface area (Å²) in [5.74, 6) is 1.26. The second-order valence-electron chi connectivity index (χ2n) is 5.33. The highest BCUT2D eigenvalue weighted by molar-refractivity contribution is 5.78. The molecule has 1 saturated heterocycles. The topological polar surface area (TPSA) is 41.6 Å². The molecule has 1 fully saturated rings. The molecule has 0 radical (unpaired) electrons. The molecule has 0 spiro atoms. The Bertz CT molecular complexity index is 442. The maximum absolute atomic E-state index is 12.3. The Morgan fingerprint density at radius 3 is 2.75 bits per heavy atom. The van der Waals surface area contributed by atoms with Gasteiger partial charge in [0.15, 0.2) is 0 Å². The number of nitrogens with one attached hydrogen (secondary N) is 1. The van der Waals surface area contributed by atoms with Crippen molar-refractivity contribution in [2.45, 2.75) is 19.8 Å². The molecular weight excluding hydrogens is 252 g/mol. The summed E-state index contributed by atoms with van der Waals surface area (Å²) in [5.41, 5.74) is 1.18. The van der Waals surface area contributed by atoms with Crippen LogP contribution in [0.15, 0.2) is 24.3 Å². The standard InChI is InChI=1S/C16H24N2O2/c1-13(16(19)18-11-9-17-10-12-18)7-8-14-5-3-4-6-15(14)20-2/h3-6,13,17H,7-12H2,1-2H3. The number of methoxy groups -OCH3 is 1. The van der Waals surface area contributed by atoms with E-state index in [0.29, 0.717) is 0 Å². The van der Waals surface area contributed by atoms with Gasteiger partial charge in [0.05, 0.1) is 7.11 Å². The van der Waals surface area contributed by atoms with Crippen molar-refractivity contribution >= 4 is 5.91 Å². The smallest absolute Gasteiger partial charge is 0.225 e. The van der Waals surface area contributed by atoms with E-state index < -0.39 is 0 Å². The van der Waals surface area contributed by atoms with Crippen LogP contribution in [-0.2, 0) is 11.2 Å². The monoisotopic (exact) mass is 276 g/mol. The molecule has 4 heteroatoms. The Morgan fingerprint density at radius 2 is 2.05 bits per heavy atom. The van der Waals surface area contributed by atoms with Crippen molar-refractivity contribution in [2.24, 2.45) is 5.92 Å². The van der Waals surface area contributed by atoms with Gasteiger partial charge in [0.1, 0.15) is 5.75 Å². The number of piperazine rings is 1. The van der Waals surface area contributed by atoms with E-state index in [2.05, 4.69) is 11.4 Å². The van der Waals surface area contributed by atoms with Gasteiger partial charge >= 0.3 is 0 Å². The molecule has 0 bridgehead atoms. The van der Waals surface area contributed by atoms with E-state index in [1.54, 1.807) is 7.11 Å². The van der Waals surface area contributed by atoms with E-state index >= 15 is 0 Å². The fourth-order valence-corrected chi connectivity index (χ4v) is 2.60. The Hall–Kier alpha value is -1.55. The van der Waals surface area contributed by atoms with Crippen LogP contribution in [0.1, 0.15) is 18.9 Å². The van der Waals surface area contributed by atoms with Crippen LogP contribution < -0.4 is 10.1 Å². The zero-order valence-electron chi connectivity index (χ0n) is 12.4. The first-order valence-corrected chi connectivity index (χ1v) is 7.33. The molecule has 1 aliphatic rings. The summed E-state index contributed by atoms with van der Waals surface area (Å²) in [6, 6.07) is 8.03. The maximum Gasteiger partial charge on any atom is 0.225 e. The first-order chi connectivity index (χ1) is 9.72. The minimum absolute atomic E-state index is 0.0676. The lowest BCUT2D eigenvalue weighted by molar-refractivity contribution is -0.135. The van der Waals surface area contributed by atoms with Gasteiger partial charge < -0.3 is 15.0 Å². The minimum Gasteiger partial charge on any atom is -0.496 e. The van der Waals surface area contributed by atoms with Crippen molar-refractivity contribution < 1.29 is 9.53 Å². The quantitative estimate of drug-likeness (QED) is 0.890. The van der Waals surface area contributed by atoms with E-state index in [9.17, 15) is 4.79 Å². The molecule has 110 valence electrons. The van der Waals surface area contributed by atoms with E-state index in [1.807, 2.05) is 30.0 Å². The number of carbonyl (C=O) groups is 1. The van der Waals surface area contributed by atoms with Gasteiger partial charge in [-0.2, -0.15) is 0 Å². The van der Waals surface area contributed by atoms with E-state index in [0.717, 1.165) is 44.8 Å². The van der Waals surface area contributed by atoms with Gasteiger partial charge in [0.2, 0.25) is 5.91 Å². The summed E-state index contributed by atoms with van der Waals surface area (Å²) in [6.45, 7) is 5.51. The number of benzene rings is 1. The number of rotatable bonds is 5. The summed E-state index contributed by atoms with van der Waals surface area (Å²) >= 11 is 0. The van der Waals surface area contributed by atoms with Gasteiger partial charge in [0.25, 0.3) is 0 Å². The summed E-state index contributed by atoms with van der Waals surface area (Å²) in [4.78, 5) is 14.3. The highest BCUT2D eigenvalue weighted by Crippen LogP contribution is 2.21.